The molecule has 0 atom stereocenters. The lowest BCUT2D eigenvalue weighted by atomic mass is 9.86. The summed E-state index contributed by atoms with van der Waals surface area (Å²) in [5.74, 6) is -1.06. The molecule has 1 aliphatic heterocycles. The average Bonchev–Trinajstić information content (AvgIpc) is 2.72. The first-order chi connectivity index (χ1) is 13.9. The summed E-state index contributed by atoms with van der Waals surface area (Å²) >= 11 is 11.9. The molecule has 1 saturated heterocycles. The number of aliphatic carboxylic acids is 1. The summed E-state index contributed by atoms with van der Waals surface area (Å²) in [5.41, 5.74) is 0.842. The molecule has 1 aliphatic rings. The Labute approximate surface area is 181 Å². The van der Waals surface area contributed by atoms with Gasteiger partial charge in [-0.2, -0.15) is 5.26 Å². The van der Waals surface area contributed by atoms with Gasteiger partial charge in [0, 0.05) is 36.2 Å². The lowest BCUT2D eigenvalue weighted by Gasteiger charge is -2.42. The van der Waals surface area contributed by atoms with Gasteiger partial charge in [0.25, 0.3) is 0 Å². The second-order valence-electron chi connectivity index (χ2n) is 7.50. The van der Waals surface area contributed by atoms with Crippen molar-refractivity contribution in [2.45, 2.75) is 12.8 Å². The Hall–Kier alpha value is -2.10. The van der Waals surface area contributed by atoms with E-state index in [2.05, 4.69) is 15.9 Å². The summed E-state index contributed by atoms with van der Waals surface area (Å²) in [7, 11) is 0. The summed E-state index contributed by atoms with van der Waals surface area (Å²) in [6.07, 6.45) is 1.53. The molecule has 0 saturated carbocycles. The van der Waals surface area contributed by atoms with Crippen LogP contribution in [0.3, 0.4) is 0 Å². The molecular weight excluding hydrogens is 409 g/mol. The van der Waals surface area contributed by atoms with Gasteiger partial charge < -0.3 is 5.11 Å². The van der Waals surface area contributed by atoms with Crippen LogP contribution in [-0.2, 0) is 17.6 Å². The van der Waals surface area contributed by atoms with Crippen LogP contribution in [0.1, 0.15) is 11.1 Å². The average molecular weight is 432 g/mol. The SMILES string of the molecule is N#CC1(C(=O)O)CN(CCc2ccc(Cl)cc2)CN(CCc2ccc(Cl)cc2)C1. The van der Waals surface area contributed by atoms with Gasteiger partial charge >= 0.3 is 5.97 Å². The number of carboxylic acids is 1. The highest BCUT2D eigenvalue weighted by molar-refractivity contribution is 6.30. The third kappa shape index (κ3) is 5.71. The van der Waals surface area contributed by atoms with Crippen LogP contribution in [0.15, 0.2) is 48.5 Å². The molecule has 0 aliphatic carbocycles. The molecule has 0 bridgehead atoms. The molecule has 152 valence electrons. The quantitative estimate of drug-likeness (QED) is 0.718. The third-order valence-corrected chi connectivity index (χ3v) is 5.77. The van der Waals surface area contributed by atoms with E-state index in [9.17, 15) is 15.2 Å². The highest BCUT2D eigenvalue weighted by Gasteiger charge is 2.45. The molecule has 0 radical (unpaired) electrons. The number of nitriles is 1. The molecule has 1 fully saturated rings. The van der Waals surface area contributed by atoms with Crippen molar-refractivity contribution in [1.29, 1.82) is 5.26 Å². The van der Waals surface area contributed by atoms with Crippen LogP contribution in [0.25, 0.3) is 0 Å². The smallest absolute Gasteiger partial charge is 0.326 e. The van der Waals surface area contributed by atoms with E-state index in [1.165, 1.54) is 0 Å². The Bertz CT molecular complexity index is 821. The van der Waals surface area contributed by atoms with E-state index in [0.29, 0.717) is 29.8 Å². The van der Waals surface area contributed by atoms with E-state index >= 15 is 0 Å². The number of nitrogens with zero attached hydrogens (tertiary/aromatic N) is 3. The first-order valence-electron chi connectivity index (χ1n) is 9.48. The zero-order valence-electron chi connectivity index (χ0n) is 16.0. The van der Waals surface area contributed by atoms with Crippen LogP contribution in [0.4, 0.5) is 0 Å². The van der Waals surface area contributed by atoms with Crippen molar-refractivity contribution in [2.24, 2.45) is 5.41 Å². The molecule has 1 N–H and O–H groups in total. The molecule has 1 heterocycles. The van der Waals surface area contributed by atoms with Crippen molar-refractivity contribution in [3.63, 3.8) is 0 Å². The summed E-state index contributed by atoms with van der Waals surface area (Å²) in [5, 5.41) is 20.8. The van der Waals surface area contributed by atoms with Gasteiger partial charge in [0.1, 0.15) is 0 Å². The Morgan fingerprint density at radius 1 is 0.931 bits per heavy atom. The van der Waals surface area contributed by atoms with Gasteiger partial charge in [0.15, 0.2) is 5.41 Å². The van der Waals surface area contributed by atoms with Gasteiger partial charge in [-0.05, 0) is 48.2 Å². The zero-order valence-corrected chi connectivity index (χ0v) is 17.5. The van der Waals surface area contributed by atoms with E-state index in [1.807, 2.05) is 48.5 Å². The first kappa shape index (κ1) is 21.6. The summed E-state index contributed by atoms with van der Waals surface area (Å²) in [4.78, 5) is 16.0. The molecule has 3 rings (SSSR count). The maximum atomic E-state index is 11.9. The zero-order chi connectivity index (χ0) is 20.9. The fraction of sp³-hybridized carbons (Fsp3) is 0.364. The van der Waals surface area contributed by atoms with Crippen molar-refractivity contribution in [3.8, 4) is 6.07 Å². The van der Waals surface area contributed by atoms with Crippen molar-refractivity contribution < 1.29 is 9.90 Å². The van der Waals surface area contributed by atoms with Gasteiger partial charge in [-0.3, -0.25) is 14.6 Å². The number of rotatable bonds is 7. The molecule has 5 nitrogen and oxygen atoms in total. The van der Waals surface area contributed by atoms with Crippen LogP contribution in [0, 0.1) is 16.7 Å². The monoisotopic (exact) mass is 431 g/mol. The topological polar surface area (TPSA) is 67.6 Å². The summed E-state index contributed by atoms with van der Waals surface area (Å²) in [6, 6.07) is 17.4. The predicted octanol–water partition coefficient (Wildman–Crippen LogP) is 3.95. The minimum Gasteiger partial charge on any atom is -0.480 e. The standard InChI is InChI=1S/C22H23Cl2N3O2/c23-19-5-1-17(2-6-19)9-11-26-14-22(13-25,21(28)29)15-27(16-26)12-10-18-3-7-20(24)8-4-18/h1-8H,9-12,14-16H2,(H,28,29). The van der Waals surface area contributed by atoms with E-state index in [1.54, 1.807) is 0 Å². The van der Waals surface area contributed by atoms with Crippen molar-refractivity contribution in [3.05, 3.63) is 69.7 Å². The van der Waals surface area contributed by atoms with Gasteiger partial charge in [-0.25, -0.2) is 0 Å². The molecule has 29 heavy (non-hydrogen) atoms. The van der Waals surface area contributed by atoms with Gasteiger partial charge in [-0.15, -0.1) is 0 Å². The largest absolute Gasteiger partial charge is 0.480 e. The molecule has 0 aromatic heterocycles. The normalized spacial score (nSPS) is 17.0. The van der Waals surface area contributed by atoms with Crippen LogP contribution in [0.2, 0.25) is 10.0 Å². The highest BCUT2D eigenvalue weighted by Crippen LogP contribution is 2.26. The Balaban J connectivity index is 1.67. The molecular formula is C22H23Cl2N3O2. The summed E-state index contributed by atoms with van der Waals surface area (Å²) < 4.78 is 0. The van der Waals surface area contributed by atoms with E-state index < -0.39 is 11.4 Å². The van der Waals surface area contributed by atoms with E-state index in [-0.39, 0.29) is 13.1 Å². The van der Waals surface area contributed by atoms with E-state index in [4.69, 9.17) is 23.2 Å². The number of benzene rings is 2. The lowest BCUT2D eigenvalue weighted by Crippen LogP contribution is -2.58. The molecule has 7 heteroatoms. The molecule has 0 unspecified atom stereocenters. The predicted molar refractivity (Wildman–Crippen MR) is 114 cm³/mol. The fourth-order valence-electron chi connectivity index (χ4n) is 3.63. The number of halogens is 2. The maximum absolute atomic E-state index is 11.9. The van der Waals surface area contributed by atoms with Crippen LogP contribution >= 0.6 is 23.2 Å². The maximum Gasteiger partial charge on any atom is 0.326 e. The Morgan fingerprint density at radius 3 is 1.69 bits per heavy atom. The molecule has 0 spiro atoms. The number of carbonyl (C=O) groups is 1. The number of carboxylic acid groups (broad SMARTS) is 1. The summed E-state index contributed by atoms with van der Waals surface area (Å²) in [6.45, 7) is 2.44. The first-order valence-corrected chi connectivity index (χ1v) is 10.2. The van der Waals surface area contributed by atoms with Gasteiger partial charge in [0.2, 0.25) is 0 Å². The molecule has 0 amide bonds. The van der Waals surface area contributed by atoms with Crippen molar-refractivity contribution >= 4 is 29.2 Å². The second-order valence-corrected chi connectivity index (χ2v) is 8.37. The molecule has 2 aromatic carbocycles. The minimum absolute atomic E-state index is 0.226. The molecule has 2 aromatic rings. The van der Waals surface area contributed by atoms with Crippen LogP contribution < -0.4 is 0 Å². The number of hydrogen-bond acceptors (Lipinski definition) is 4. The number of hydrogen-bond donors (Lipinski definition) is 1. The van der Waals surface area contributed by atoms with E-state index in [0.717, 1.165) is 24.0 Å². The van der Waals surface area contributed by atoms with Crippen molar-refractivity contribution in [2.75, 3.05) is 32.8 Å². The van der Waals surface area contributed by atoms with Gasteiger partial charge in [-0.1, -0.05) is 47.5 Å². The lowest BCUT2D eigenvalue weighted by molar-refractivity contribution is -0.151. The highest BCUT2D eigenvalue weighted by atomic mass is 35.5. The second kappa shape index (κ2) is 9.60. The van der Waals surface area contributed by atoms with Gasteiger partial charge in [0.05, 0.1) is 12.7 Å². The van der Waals surface area contributed by atoms with Crippen LogP contribution in [-0.4, -0.2) is 53.7 Å². The fourth-order valence-corrected chi connectivity index (χ4v) is 3.88. The third-order valence-electron chi connectivity index (χ3n) is 5.27. The van der Waals surface area contributed by atoms with Crippen LogP contribution in [0.5, 0.6) is 0 Å². The minimum atomic E-state index is -1.42. The Kier molecular flexibility index (Phi) is 7.15. The van der Waals surface area contributed by atoms with Crippen molar-refractivity contribution in [1.82, 2.24) is 9.80 Å². The Morgan fingerprint density at radius 2 is 1.34 bits per heavy atom.